The van der Waals surface area contributed by atoms with E-state index >= 15 is 0 Å². The Balaban J connectivity index is 1.77. The van der Waals surface area contributed by atoms with E-state index in [9.17, 15) is 0 Å². The molecule has 0 saturated heterocycles. The zero-order chi connectivity index (χ0) is 16.2. The van der Waals surface area contributed by atoms with Gasteiger partial charge in [-0.15, -0.1) is 0 Å². The quantitative estimate of drug-likeness (QED) is 0.632. The lowest BCUT2D eigenvalue weighted by Crippen LogP contribution is -2.10. The summed E-state index contributed by atoms with van der Waals surface area (Å²) in [5.74, 6) is 1.87. The van der Waals surface area contributed by atoms with Crippen LogP contribution in [0.15, 0.2) is 41.3 Å². The normalized spacial score (nSPS) is 12.0. The second-order valence-corrected chi connectivity index (χ2v) is 5.96. The lowest BCUT2D eigenvalue weighted by molar-refractivity contribution is 0.853. The van der Waals surface area contributed by atoms with Crippen LogP contribution in [0.25, 0.3) is 0 Å². The zero-order valence-electron chi connectivity index (χ0n) is 12.7. The molecule has 0 radical (unpaired) electrons. The molecule has 8 heteroatoms. The zero-order valence-corrected chi connectivity index (χ0v) is 14.3. The molecule has 1 unspecified atom stereocenters. The molecule has 0 aliphatic heterocycles. The molecular formula is C15H16BrN7. The first-order valence-corrected chi connectivity index (χ1v) is 7.89. The van der Waals surface area contributed by atoms with Gasteiger partial charge in [0, 0.05) is 30.4 Å². The van der Waals surface area contributed by atoms with Gasteiger partial charge < -0.3 is 10.6 Å². The van der Waals surface area contributed by atoms with Crippen molar-refractivity contribution in [2.45, 2.75) is 19.9 Å². The van der Waals surface area contributed by atoms with Crippen molar-refractivity contribution in [3.05, 3.63) is 52.5 Å². The fourth-order valence-corrected chi connectivity index (χ4v) is 2.33. The van der Waals surface area contributed by atoms with Gasteiger partial charge in [0.15, 0.2) is 11.6 Å². The van der Waals surface area contributed by atoms with Gasteiger partial charge in [-0.1, -0.05) is 6.07 Å². The highest BCUT2D eigenvalue weighted by Crippen LogP contribution is 2.25. The van der Waals surface area contributed by atoms with Crippen LogP contribution >= 0.6 is 15.9 Å². The highest BCUT2D eigenvalue weighted by atomic mass is 79.9. The van der Waals surface area contributed by atoms with Crippen molar-refractivity contribution in [3.63, 3.8) is 0 Å². The van der Waals surface area contributed by atoms with Gasteiger partial charge in [0.25, 0.3) is 0 Å². The molecule has 0 bridgehead atoms. The van der Waals surface area contributed by atoms with Crippen molar-refractivity contribution in [2.75, 3.05) is 10.6 Å². The largest absolute Gasteiger partial charge is 0.348 e. The average Bonchev–Trinajstić information content (AvgIpc) is 2.96. The van der Waals surface area contributed by atoms with Gasteiger partial charge in [-0.3, -0.25) is 10.1 Å². The second kappa shape index (κ2) is 6.74. The number of nitrogens with zero attached hydrogens (tertiary/aromatic N) is 4. The van der Waals surface area contributed by atoms with Gasteiger partial charge in [0.05, 0.1) is 10.5 Å². The minimum atomic E-state index is 0.0466. The van der Waals surface area contributed by atoms with Crippen LogP contribution < -0.4 is 10.6 Å². The number of aromatic amines is 1. The summed E-state index contributed by atoms with van der Waals surface area (Å²) in [6, 6.07) is 5.86. The Hall–Kier alpha value is -2.48. The monoisotopic (exact) mass is 373 g/mol. The fourth-order valence-electron chi connectivity index (χ4n) is 2.04. The minimum absolute atomic E-state index is 0.0466. The van der Waals surface area contributed by atoms with E-state index in [-0.39, 0.29) is 6.04 Å². The van der Waals surface area contributed by atoms with Crippen LogP contribution in [0.5, 0.6) is 0 Å². The summed E-state index contributed by atoms with van der Waals surface area (Å²) in [7, 11) is 0. The smallest absolute Gasteiger partial charge is 0.225 e. The van der Waals surface area contributed by atoms with Gasteiger partial charge in [0.1, 0.15) is 0 Å². The van der Waals surface area contributed by atoms with Gasteiger partial charge in [0.2, 0.25) is 5.95 Å². The van der Waals surface area contributed by atoms with Crippen molar-refractivity contribution < 1.29 is 0 Å². The molecule has 3 aromatic rings. The third-order valence-corrected chi connectivity index (χ3v) is 3.81. The first-order chi connectivity index (χ1) is 11.1. The topological polar surface area (TPSA) is 91.4 Å². The summed E-state index contributed by atoms with van der Waals surface area (Å²) >= 11 is 3.44. The Morgan fingerprint density at radius 2 is 2.17 bits per heavy atom. The minimum Gasteiger partial charge on any atom is -0.348 e. The molecule has 0 saturated carbocycles. The predicted molar refractivity (Wildman–Crippen MR) is 92.6 cm³/mol. The lowest BCUT2D eigenvalue weighted by Gasteiger charge is -2.14. The first kappa shape index (κ1) is 15.4. The highest BCUT2D eigenvalue weighted by molar-refractivity contribution is 9.10. The van der Waals surface area contributed by atoms with Crippen LogP contribution in [0, 0.1) is 6.92 Å². The van der Waals surface area contributed by atoms with Crippen LogP contribution in [0.1, 0.15) is 24.2 Å². The summed E-state index contributed by atoms with van der Waals surface area (Å²) < 4.78 is 0.762. The molecule has 1 atom stereocenters. The Bertz CT molecular complexity index is 788. The second-order valence-electron chi connectivity index (χ2n) is 5.10. The SMILES string of the molecule is Cc1cc(Nc2nc(NC(C)c3cccnc3)ncc2Br)n[nH]1. The van der Waals surface area contributed by atoms with E-state index < -0.39 is 0 Å². The van der Waals surface area contributed by atoms with Crippen molar-refractivity contribution in [1.82, 2.24) is 25.1 Å². The number of anilines is 3. The Labute approximate surface area is 142 Å². The van der Waals surface area contributed by atoms with E-state index in [1.165, 1.54) is 0 Å². The number of hydrogen-bond donors (Lipinski definition) is 3. The van der Waals surface area contributed by atoms with Crippen molar-refractivity contribution in [1.29, 1.82) is 0 Å². The molecule has 0 aliphatic rings. The van der Waals surface area contributed by atoms with Crippen LogP contribution in [-0.4, -0.2) is 25.1 Å². The highest BCUT2D eigenvalue weighted by Gasteiger charge is 2.10. The lowest BCUT2D eigenvalue weighted by atomic mass is 10.1. The molecule has 118 valence electrons. The molecule has 3 heterocycles. The van der Waals surface area contributed by atoms with Crippen molar-refractivity contribution in [3.8, 4) is 0 Å². The number of pyridine rings is 1. The molecule has 7 nitrogen and oxygen atoms in total. The molecule has 0 fully saturated rings. The molecule has 3 rings (SSSR count). The summed E-state index contributed by atoms with van der Waals surface area (Å²) in [5, 5.41) is 13.4. The van der Waals surface area contributed by atoms with Gasteiger partial charge in [-0.25, -0.2) is 4.98 Å². The van der Waals surface area contributed by atoms with Crippen LogP contribution in [-0.2, 0) is 0 Å². The van der Waals surface area contributed by atoms with Gasteiger partial charge >= 0.3 is 0 Å². The fraction of sp³-hybridized carbons (Fsp3) is 0.200. The summed E-state index contributed by atoms with van der Waals surface area (Å²) in [5.41, 5.74) is 2.04. The van der Waals surface area contributed by atoms with E-state index in [1.54, 1.807) is 12.4 Å². The molecule has 0 amide bonds. The van der Waals surface area contributed by atoms with E-state index in [2.05, 4.69) is 51.7 Å². The molecule has 0 aliphatic carbocycles. The number of nitrogens with one attached hydrogen (secondary N) is 3. The predicted octanol–water partition coefficient (Wildman–Crippen LogP) is 3.58. The molecular weight excluding hydrogens is 358 g/mol. The standard InChI is InChI=1S/C15H16BrN7/c1-9-6-13(23-22-9)20-14-12(16)8-18-15(21-14)19-10(2)11-4-3-5-17-7-11/h3-8,10H,1-2H3,(H3,18,19,20,21,22,23). The van der Waals surface area contributed by atoms with E-state index in [0.29, 0.717) is 17.6 Å². The Morgan fingerprint density at radius 3 is 2.87 bits per heavy atom. The average molecular weight is 374 g/mol. The van der Waals surface area contributed by atoms with Gasteiger partial charge in [-0.2, -0.15) is 10.1 Å². The number of hydrogen-bond acceptors (Lipinski definition) is 6. The maximum Gasteiger partial charge on any atom is 0.225 e. The number of aromatic nitrogens is 5. The molecule has 0 spiro atoms. The van der Waals surface area contributed by atoms with Gasteiger partial charge in [-0.05, 0) is 41.4 Å². The summed E-state index contributed by atoms with van der Waals surface area (Å²) in [4.78, 5) is 12.9. The van der Waals surface area contributed by atoms with Crippen molar-refractivity contribution in [2.24, 2.45) is 0 Å². The van der Waals surface area contributed by atoms with Crippen LogP contribution in [0.2, 0.25) is 0 Å². The number of H-pyrrole nitrogens is 1. The van der Waals surface area contributed by atoms with E-state index in [0.717, 1.165) is 15.7 Å². The Morgan fingerprint density at radius 1 is 1.30 bits per heavy atom. The molecule has 3 aromatic heterocycles. The third-order valence-electron chi connectivity index (χ3n) is 3.23. The van der Waals surface area contributed by atoms with Crippen LogP contribution in [0.3, 0.4) is 0 Å². The maximum absolute atomic E-state index is 4.49. The summed E-state index contributed by atoms with van der Waals surface area (Å²) in [6.45, 7) is 3.97. The van der Waals surface area contributed by atoms with E-state index in [1.807, 2.05) is 38.2 Å². The maximum atomic E-state index is 4.49. The van der Waals surface area contributed by atoms with Crippen molar-refractivity contribution >= 4 is 33.5 Å². The Kier molecular flexibility index (Phi) is 4.52. The summed E-state index contributed by atoms with van der Waals surface area (Å²) in [6.07, 6.45) is 5.27. The number of halogens is 1. The number of rotatable bonds is 5. The van der Waals surface area contributed by atoms with E-state index in [4.69, 9.17) is 0 Å². The first-order valence-electron chi connectivity index (χ1n) is 7.10. The number of aryl methyl sites for hydroxylation is 1. The molecule has 3 N–H and O–H groups in total. The molecule has 23 heavy (non-hydrogen) atoms. The molecule has 0 aromatic carbocycles. The third kappa shape index (κ3) is 3.84. The van der Waals surface area contributed by atoms with Crippen LogP contribution in [0.4, 0.5) is 17.6 Å².